The number of aromatic nitrogens is 1. The molecule has 0 unspecified atom stereocenters. The predicted octanol–water partition coefficient (Wildman–Crippen LogP) is 0.485. The lowest BCUT2D eigenvalue weighted by atomic mass is 10.1. The van der Waals surface area contributed by atoms with E-state index in [4.69, 9.17) is 5.73 Å². The van der Waals surface area contributed by atoms with E-state index in [1.54, 1.807) is 30.2 Å². The summed E-state index contributed by atoms with van der Waals surface area (Å²) in [5, 5.41) is 2.83. The minimum absolute atomic E-state index is 0.122. The summed E-state index contributed by atoms with van der Waals surface area (Å²) >= 11 is 1.69. The zero-order valence-electron chi connectivity index (χ0n) is 9.69. The van der Waals surface area contributed by atoms with Gasteiger partial charge in [-0.15, -0.1) is 0 Å². The van der Waals surface area contributed by atoms with Gasteiger partial charge in [-0.1, -0.05) is 11.8 Å². The number of hydrogen-bond acceptors (Lipinski definition) is 4. The second kappa shape index (κ2) is 7.71. The normalized spacial score (nSPS) is 9.29. The van der Waals surface area contributed by atoms with E-state index >= 15 is 0 Å². The second-order valence-corrected chi connectivity index (χ2v) is 4.16. The van der Waals surface area contributed by atoms with Crippen LogP contribution in [0.25, 0.3) is 0 Å². The Kier molecular flexibility index (Phi) is 6.15. The van der Waals surface area contributed by atoms with Crippen molar-refractivity contribution in [1.29, 1.82) is 0 Å². The highest BCUT2D eigenvalue weighted by Crippen LogP contribution is 2.05. The maximum atomic E-state index is 11.9. The molecule has 1 heterocycles. The summed E-state index contributed by atoms with van der Waals surface area (Å²) in [7, 11) is 0. The highest BCUT2D eigenvalue weighted by atomic mass is 32.2. The summed E-state index contributed by atoms with van der Waals surface area (Å²) < 4.78 is 0. The molecule has 4 nitrogen and oxygen atoms in total. The molecule has 0 saturated carbocycles. The fourth-order valence-corrected chi connectivity index (χ4v) is 1.51. The number of rotatable bonds is 4. The third-order valence-electron chi connectivity index (χ3n) is 1.98. The van der Waals surface area contributed by atoms with E-state index in [0.29, 0.717) is 17.7 Å². The van der Waals surface area contributed by atoms with Crippen molar-refractivity contribution in [3.63, 3.8) is 0 Å². The van der Waals surface area contributed by atoms with Gasteiger partial charge in [0.15, 0.2) is 0 Å². The van der Waals surface area contributed by atoms with Crippen LogP contribution in [0.1, 0.15) is 15.9 Å². The van der Waals surface area contributed by atoms with Crippen LogP contribution in [0.3, 0.4) is 0 Å². The molecule has 5 heteroatoms. The lowest BCUT2D eigenvalue weighted by Gasteiger charge is -2.05. The number of amides is 1. The Balaban J connectivity index is 2.78. The number of pyridine rings is 1. The molecule has 0 atom stereocenters. The maximum Gasteiger partial charge on any atom is 0.252 e. The van der Waals surface area contributed by atoms with Gasteiger partial charge in [-0.25, -0.2) is 0 Å². The standard InChI is InChI=1S/C12H15N3OS/c1-17-8-7-15-12(16)11-4-6-14-9-10(11)3-2-5-13/h4,6,9H,5,7-8,13H2,1H3,(H,15,16). The molecule has 90 valence electrons. The van der Waals surface area contributed by atoms with Crippen molar-refractivity contribution in [3.05, 3.63) is 29.6 Å². The zero-order chi connectivity index (χ0) is 12.5. The molecule has 1 amide bonds. The Morgan fingerprint density at radius 3 is 3.18 bits per heavy atom. The van der Waals surface area contributed by atoms with Crippen molar-refractivity contribution >= 4 is 17.7 Å². The Morgan fingerprint density at radius 2 is 2.47 bits per heavy atom. The number of thioether (sulfide) groups is 1. The summed E-state index contributed by atoms with van der Waals surface area (Å²) in [4.78, 5) is 15.8. The first-order valence-electron chi connectivity index (χ1n) is 5.19. The van der Waals surface area contributed by atoms with Gasteiger partial charge in [0.25, 0.3) is 5.91 Å². The summed E-state index contributed by atoms with van der Waals surface area (Å²) in [5.74, 6) is 6.33. The van der Waals surface area contributed by atoms with Crippen molar-refractivity contribution in [2.75, 3.05) is 25.1 Å². The average Bonchev–Trinajstić information content (AvgIpc) is 2.37. The first-order chi connectivity index (χ1) is 8.29. The van der Waals surface area contributed by atoms with Crippen molar-refractivity contribution in [3.8, 4) is 11.8 Å². The first kappa shape index (κ1) is 13.6. The molecule has 0 saturated heterocycles. The Hall–Kier alpha value is -1.51. The third kappa shape index (κ3) is 4.47. The average molecular weight is 249 g/mol. The monoisotopic (exact) mass is 249 g/mol. The minimum atomic E-state index is -0.122. The summed E-state index contributed by atoms with van der Waals surface area (Å²) in [6, 6.07) is 1.66. The van der Waals surface area contributed by atoms with E-state index in [1.165, 1.54) is 0 Å². The number of nitrogens with two attached hydrogens (primary N) is 1. The van der Waals surface area contributed by atoms with Crippen LogP contribution >= 0.6 is 11.8 Å². The van der Waals surface area contributed by atoms with Crippen LogP contribution in [0.5, 0.6) is 0 Å². The molecule has 0 aliphatic heterocycles. The Labute approximate surface area is 105 Å². The number of hydrogen-bond donors (Lipinski definition) is 2. The molecule has 0 spiro atoms. The molecule has 1 rings (SSSR count). The van der Waals surface area contributed by atoms with Crippen LogP contribution in [0.4, 0.5) is 0 Å². The molecule has 0 aliphatic rings. The van der Waals surface area contributed by atoms with E-state index in [1.807, 2.05) is 6.26 Å². The fourth-order valence-electron chi connectivity index (χ4n) is 1.20. The van der Waals surface area contributed by atoms with E-state index < -0.39 is 0 Å². The van der Waals surface area contributed by atoms with Gasteiger partial charge < -0.3 is 11.1 Å². The Morgan fingerprint density at radius 1 is 1.65 bits per heavy atom. The third-order valence-corrected chi connectivity index (χ3v) is 2.59. The molecule has 17 heavy (non-hydrogen) atoms. The number of carbonyl (C=O) groups excluding carboxylic acids is 1. The number of carbonyl (C=O) groups is 1. The molecule has 3 N–H and O–H groups in total. The minimum Gasteiger partial charge on any atom is -0.351 e. The maximum absolute atomic E-state index is 11.9. The Bertz CT molecular complexity index is 437. The van der Waals surface area contributed by atoms with Gasteiger partial charge in [-0.2, -0.15) is 11.8 Å². The quantitative estimate of drug-likeness (QED) is 0.602. The van der Waals surface area contributed by atoms with E-state index in [0.717, 1.165) is 5.75 Å². The molecule has 0 aromatic carbocycles. The van der Waals surface area contributed by atoms with Crippen LogP contribution in [-0.2, 0) is 0 Å². The highest BCUT2D eigenvalue weighted by molar-refractivity contribution is 7.98. The van der Waals surface area contributed by atoms with Gasteiger partial charge in [-0.3, -0.25) is 9.78 Å². The molecule has 0 bridgehead atoms. The first-order valence-corrected chi connectivity index (χ1v) is 6.59. The van der Waals surface area contributed by atoms with Gasteiger partial charge in [-0.05, 0) is 12.3 Å². The lowest BCUT2D eigenvalue weighted by Crippen LogP contribution is -2.26. The van der Waals surface area contributed by atoms with Gasteiger partial charge in [0, 0.05) is 24.7 Å². The van der Waals surface area contributed by atoms with Gasteiger partial charge in [0.2, 0.25) is 0 Å². The van der Waals surface area contributed by atoms with Gasteiger partial charge >= 0.3 is 0 Å². The van der Waals surface area contributed by atoms with Crippen molar-refractivity contribution < 1.29 is 4.79 Å². The molecule has 0 radical (unpaired) electrons. The number of nitrogens with zero attached hydrogens (tertiary/aromatic N) is 1. The van der Waals surface area contributed by atoms with Crippen LogP contribution in [0, 0.1) is 11.8 Å². The summed E-state index contributed by atoms with van der Waals surface area (Å²) in [6.45, 7) is 0.911. The van der Waals surface area contributed by atoms with Crippen molar-refractivity contribution in [2.45, 2.75) is 0 Å². The molecule has 1 aromatic heterocycles. The second-order valence-electron chi connectivity index (χ2n) is 3.18. The number of nitrogens with one attached hydrogen (secondary N) is 1. The topological polar surface area (TPSA) is 68.0 Å². The van der Waals surface area contributed by atoms with E-state index in [9.17, 15) is 4.79 Å². The fraction of sp³-hybridized carbons (Fsp3) is 0.333. The summed E-state index contributed by atoms with van der Waals surface area (Å²) in [6.07, 6.45) is 5.15. The molecular weight excluding hydrogens is 234 g/mol. The van der Waals surface area contributed by atoms with Gasteiger partial charge in [0.05, 0.1) is 17.7 Å². The van der Waals surface area contributed by atoms with Crippen LogP contribution in [-0.4, -0.2) is 36.0 Å². The molecule has 0 fully saturated rings. The SMILES string of the molecule is CSCCNC(=O)c1ccncc1C#CCN. The predicted molar refractivity (Wildman–Crippen MR) is 70.9 cm³/mol. The zero-order valence-corrected chi connectivity index (χ0v) is 10.5. The highest BCUT2D eigenvalue weighted by Gasteiger charge is 2.08. The van der Waals surface area contributed by atoms with Crippen LogP contribution < -0.4 is 11.1 Å². The van der Waals surface area contributed by atoms with Gasteiger partial charge in [0.1, 0.15) is 0 Å². The summed E-state index contributed by atoms with van der Waals surface area (Å²) in [5.41, 5.74) is 6.46. The molecule has 1 aromatic rings. The van der Waals surface area contributed by atoms with Crippen LogP contribution in [0.2, 0.25) is 0 Å². The molecule has 0 aliphatic carbocycles. The largest absolute Gasteiger partial charge is 0.351 e. The van der Waals surface area contributed by atoms with E-state index in [-0.39, 0.29) is 12.5 Å². The van der Waals surface area contributed by atoms with Crippen LogP contribution in [0.15, 0.2) is 18.5 Å². The smallest absolute Gasteiger partial charge is 0.252 e. The lowest BCUT2D eigenvalue weighted by molar-refractivity contribution is 0.0956. The van der Waals surface area contributed by atoms with Crippen molar-refractivity contribution in [1.82, 2.24) is 10.3 Å². The van der Waals surface area contributed by atoms with E-state index in [2.05, 4.69) is 22.1 Å². The van der Waals surface area contributed by atoms with Crippen molar-refractivity contribution in [2.24, 2.45) is 5.73 Å². The molecular formula is C12H15N3OS.